The SMILES string of the molecule is O=C(Nc1ccc(I)cc1)c1ccc(N2CCNC2=O)cc1. The maximum atomic E-state index is 12.2. The summed E-state index contributed by atoms with van der Waals surface area (Å²) in [6.45, 7) is 1.29. The minimum atomic E-state index is -0.168. The molecule has 3 amide bonds. The standard InChI is InChI=1S/C16H14IN3O2/c17-12-3-5-13(6-4-12)19-15(21)11-1-7-14(8-2-11)20-10-9-18-16(20)22/h1-8H,9-10H2,(H,18,22)(H,19,21). The van der Waals surface area contributed by atoms with Gasteiger partial charge in [0.1, 0.15) is 0 Å². The van der Waals surface area contributed by atoms with E-state index in [2.05, 4.69) is 33.2 Å². The number of amides is 3. The van der Waals surface area contributed by atoms with Crippen molar-refractivity contribution >= 4 is 45.9 Å². The average molecular weight is 407 g/mol. The van der Waals surface area contributed by atoms with Crippen molar-refractivity contribution in [3.05, 3.63) is 57.7 Å². The van der Waals surface area contributed by atoms with Gasteiger partial charge in [-0.05, 0) is 71.1 Å². The van der Waals surface area contributed by atoms with Gasteiger partial charge in [-0.2, -0.15) is 0 Å². The molecule has 0 unspecified atom stereocenters. The Kier molecular flexibility index (Phi) is 4.28. The van der Waals surface area contributed by atoms with E-state index in [-0.39, 0.29) is 11.9 Å². The molecule has 1 aliphatic rings. The summed E-state index contributed by atoms with van der Waals surface area (Å²) in [6, 6.07) is 14.5. The van der Waals surface area contributed by atoms with Gasteiger partial charge in [0.25, 0.3) is 5.91 Å². The molecular weight excluding hydrogens is 393 g/mol. The Bertz CT molecular complexity index is 698. The topological polar surface area (TPSA) is 61.4 Å². The monoisotopic (exact) mass is 407 g/mol. The van der Waals surface area contributed by atoms with Gasteiger partial charge in [0.15, 0.2) is 0 Å². The lowest BCUT2D eigenvalue weighted by atomic mass is 10.2. The minimum Gasteiger partial charge on any atom is -0.336 e. The van der Waals surface area contributed by atoms with Gasteiger partial charge in [-0.25, -0.2) is 4.79 Å². The number of benzene rings is 2. The first-order chi connectivity index (χ1) is 10.6. The van der Waals surface area contributed by atoms with Crippen LogP contribution in [-0.2, 0) is 0 Å². The maximum absolute atomic E-state index is 12.2. The lowest BCUT2D eigenvalue weighted by molar-refractivity contribution is 0.102. The number of halogens is 1. The molecule has 1 aliphatic heterocycles. The highest BCUT2D eigenvalue weighted by atomic mass is 127. The van der Waals surface area contributed by atoms with E-state index < -0.39 is 0 Å². The summed E-state index contributed by atoms with van der Waals surface area (Å²) in [5.74, 6) is -0.168. The van der Waals surface area contributed by atoms with E-state index in [9.17, 15) is 9.59 Å². The van der Waals surface area contributed by atoms with Crippen molar-refractivity contribution in [2.45, 2.75) is 0 Å². The quantitative estimate of drug-likeness (QED) is 0.769. The van der Waals surface area contributed by atoms with Gasteiger partial charge in [0, 0.05) is 33.6 Å². The molecule has 112 valence electrons. The summed E-state index contributed by atoms with van der Waals surface area (Å²) < 4.78 is 1.11. The molecule has 2 aromatic rings. The first kappa shape index (κ1) is 14.8. The second-order valence-corrected chi connectivity index (χ2v) is 6.14. The highest BCUT2D eigenvalue weighted by Gasteiger charge is 2.21. The molecule has 1 heterocycles. The first-order valence-corrected chi connectivity index (χ1v) is 7.94. The molecule has 6 heteroatoms. The summed E-state index contributed by atoms with van der Waals surface area (Å²) in [4.78, 5) is 25.4. The number of hydrogen-bond acceptors (Lipinski definition) is 2. The number of rotatable bonds is 3. The van der Waals surface area contributed by atoms with E-state index in [0.717, 1.165) is 14.9 Å². The second kappa shape index (κ2) is 6.35. The minimum absolute atomic E-state index is 0.101. The zero-order valence-corrected chi connectivity index (χ0v) is 13.8. The van der Waals surface area contributed by atoms with E-state index in [1.54, 1.807) is 29.2 Å². The van der Waals surface area contributed by atoms with Gasteiger partial charge >= 0.3 is 6.03 Å². The van der Waals surface area contributed by atoms with Crippen LogP contribution in [0.2, 0.25) is 0 Å². The van der Waals surface area contributed by atoms with Crippen molar-refractivity contribution in [2.75, 3.05) is 23.3 Å². The molecule has 0 atom stereocenters. The van der Waals surface area contributed by atoms with Crippen LogP contribution < -0.4 is 15.5 Å². The van der Waals surface area contributed by atoms with Gasteiger partial charge < -0.3 is 10.6 Å². The lowest BCUT2D eigenvalue weighted by Crippen LogP contribution is -2.27. The van der Waals surface area contributed by atoms with Crippen molar-refractivity contribution in [3.63, 3.8) is 0 Å². The lowest BCUT2D eigenvalue weighted by Gasteiger charge is -2.14. The Morgan fingerprint density at radius 3 is 2.36 bits per heavy atom. The van der Waals surface area contributed by atoms with Gasteiger partial charge in [0.05, 0.1) is 0 Å². The number of nitrogens with zero attached hydrogens (tertiary/aromatic N) is 1. The number of carbonyl (C=O) groups is 2. The van der Waals surface area contributed by atoms with E-state index in [1.165, 1.54) is 0 Å². The molecule has 3 rings (SSSR count). The third kappa shape index (κ3) is 3.22. The van der Waals surface area contributed by atoms with Crippen LogP contribution in [0.4, 0.5) is 16.2 Å². The van der Waals surface area contributed by atoms with Crippen molar-refractivity contribution in [3.8, 4) is 0 Å². The molecule has 2 aromatic carbocycles. The smallest absolute Gasteiger partial charge is 0.321 e. The van der Waals surface area contributed by atoms with Crippen LogP contribution >= 0.6 is 22.6 Å². The normalized spacial score (nSPS) is 13.9. The molecule has 22 heavy (non-hydrogen) atoms. The van der Waals surface area contributed by atoms with Crippen LogP contribution in [0.5, 0.6) is 0 Å². The number of anilines is 2. The van der Waals surface area contributed by atoms with Gasteiger partial charge in [0.2, 0.25) is 0 Å². The van der Waals surface area contributed by atoms with Crippen molar-refractivity contribution in [1.82, 2.24) is 5.32 Å². The Morgan fingerprint density at radius 2 is 1.77 bits per heavy atom. The second-order valence-electron chi connectivity index (χ2n) is 4.89. The largest absolute Gasteiger partial charge is 0.336 e. The molecule has 0 spiro atoms. The van der Waals surface area contributed by atoms with Crippen molar-refractivity contribution < 1.29 is 9.59 Å². The first-order valence-electron chi connectivity index (χ1n) is 6.86. The van der Waals surface area contributed by atoms with Gasteiger partial charge in [-0.15, -0.1) is 0 Å². The highest BCUT2D eigenvalue weighted by molar-refractivity contribution is 14.1. The van der Waals surface area contributed by atoms with Crippen LogP contribution in [-0.4, -0.2) is 25.0 Å². The predicted octanol–water partition coefficient (Wildman–Crippen LogP) is 3.07. The summed E-state index contributed by atoms with van der Waals surface area (Å²) in [5.41, 5.74) is 2.11. The average Bonchev–Trinajstić information content (AvgIpc) is 2.96. The van der Waals surface area contributed by atoms with E-state index >= 15 is 0 Å². The number of carbonyl (C=O) groups excluding carboxylic acids is 2. The maximum Gasteiger partial charge on any atom is 0.321 e. The van der Waals surface area contributed by atoms with E-state index in [1.807, 2.05) is 24.3 Å². The number of urea groups is 1. The Morgan fingerprint density at radius 1 is 1.09 bits per heavy atom. The molecule has 0 radical (unpaired) electrons. The zero-order valence-electron chi connectivity index (χ0n) is 11.7. The molecule has 0 aromatic heterocycles. The fourth-order valence-corrected chi connectivity index (χ4v) is 2.61. The van der Waals surface area contributed by atoms with Crippen LogP contribution in [0.1, 0.15) is 10.4 Å². The van der Waals surface area contributed by atoms with E-state index in [0.29, 0.717) is 18.7 Å². The zero-order chi connectivity index (χ0) is 15.5. The summed E-state index contributed by atoms with van der Waals surface area (Å²) >= 11 is 2.22. The molecule has 1 fully saturated rings. The Hall–Kier alpha value is -2.09. The van der Waals surface area contributed by atoms with Gasteiger partial charge in [-0.1, -0.05) is 0 Å². The highest BCUT2D eigenvalue weighted by Crippen LogP contribution is 2.18. The van der Waals surface area contributed by atoms with E-state index in [4.69, 9.17) is 0 Å². The van der Waals surface area contributed by atoms with Crippen molar-refractivity contribution in [2.24, 2.45) is 0 Å². The Balaban J connectivity index is 1.70. The van der Waals surface area contributed by atoms with Crippen LogP contribution in [0.15, 0.2) is 48.5 Å². The third-order valence-electron chi connectivity index (χ3n) is 3.40. The molecule has 0 saturated carbocycles. The van der Waals surface area contributed by atoms with Crippen molar-refractivity contribution in [1.29, 1.82) is 0 Å². The summed E-state index contributed by atoms with van der Waals surface area (Å²) in [7, 11) is 0. The predicted molar refractivity (Wildman–Crippen MR) is 94.3 cm³/mol. The third-order valence-corrected chi connectivity index (χ3v) is 4.12. The molecular formula is C16H14IN3O2. The summed E-state index contributed by atoms with van der Waals surface area (Å²) in [6.07, 6.45) is 0. The van der Waals surface area contributed by atoms with Gasteiger partial charge in [-0.3, -0.25) is 9.69 Å². The fraction of sp³-hybridized carbons (Fsp3) is 0.125. The molecule has 2 N–H and O–H groups in total. The summed E-state index contributed by atoms with van der Waals surface area (Å²) in [5, 5.41) is 5.60. The molecule has 0 bridgehead atoms. The Labute approximate surface area is 141 Å². The molecule has 0 aliphatic carbocycles. The van der Waals surface area contributed by atoms with Crippen LogP contribution in [0.25, 0.3) is 0 Å². The van der Waals surface area contributed by atoms with Crippen LogP contribution in [0, 0.1) is 3.57 Å². The number of nitrogens with one attached hydrogen (secondary N) is 2. The number of hydrogen-bond donors (Lipinski definition) is 2. The molecule has 1 saturated heterocycles. The fourth-order valence-electron chi connectivity index (χ4n) is 2.25. The molecule has 5 nitrogen and oxygen atoms in total. The van der Waals surface area contributed by atoms with Crippen LogP contribution in [0.3, 0.4) is 0 Å².